The number of carbonyl (C=O) groups is 1. The first-order chi connectivity index (χ1) is 23.5. The molecule has 3 heterocycles. The van der Waals surface area contributed by atoms with Gasteiger partial charge in [-0.2, -0.15) is 0 Å². The van der Waals surface area contributed by atoms with Crippen LogP contribution in [0.25, 0.3) is 22.9 Å². The number of carbonyl (C=O) groups excluding carboxylic acids is 1. The minimum Gasteiger partial charge on any atom is -0.493 e. The van der Waals surface area contributed by atoms with Crippen molar-refractivity contribution >= 4 is 17.8 Å². The van der Waals surface area contributed by atoms with E-state index < -0.39 is 0 Å². The predicted molar refractivity (Wildman–Crippen MR) is 177 cm³/mol. The molecule has 252 valence electrons. The van der Waals surface area contributed by atoms with Crippen LogP contribution in [-0.4, -0.2) is 88.6 Å². The number of rotatable bonds is 14. The van der Waals surface area contributed by atoms with Gasteiger partial charge in [-0.25, -0.2) is 0 Å². The average Bonchev–Trinajstić information content (AvgIpc) is 3.79. The summed E-state index contributed by atoms with van der Waals surface area (Å²) in [7, 11) is 7.77. The molecule has 1 amide bonds. The van der Waals surface area contributed by atoms with Crippen molar-refractivity contribution in [1.29, 1.82) is 0 Å². The maximum Gasteiger partial charge on any atom is 0.256 e. The van der Waals surface area contributed by atoms with Crippen molar-refractivity contribution in [2.75, 3.05) is 55.3 Å². The Kier molecular flexibility index (Phi) is 9.83. The van der Waals surface area contributed by atoms with Crippen LogP contribution >= 0.6 is 0 Å². The minimum atomic E-state index is -0.0235. The molecule has 48 heavy (non-hydrogen) atoms. The first-order valence-electron chi connectivity index (χ1n) is 15.6. The molecule has 6 rings (SSSR count). The normalized spacial score (nSPS) is 15.0. The molecule has 0 spiro atoms. The van der Waals surface area contributed by atoms with Gasteiger partial charge in [-0.05, 0) is 62.1 Å². The van der Waals surface area contributed by atoms with Gasteiger partial charge in [0.2, 0.25) is 17.5 Å². The summed E-state index contributed by atoms with van der Waals surface area (Å²) in [6, 6.07) is 12.4. The van der Waals surface area contributed by atoms with Crippen LogP contribution in [0.4, 0.5) is 5.69 Å². The van der Waals surface area contributed by atoms with Crippen molar-refractivity contribution in [3.63, 3.8) is 0 Å². The zero-order chi connectivity index (χ0) is 33.6. The van der Waals surface area contributed by atoms with Crippen molar-refractivity contribution in [3.8, 4) is 63.2 Å². The van der Waals surface area contributed by atoms with Crippen molar-refractivity contribution < 1.29 is 42.4 Å². The Morgan fingerprint density at radius 1 is 0.729 bits per heavy atom. The number of nitrogens with zero attached hydrogens (tertiary/aromatic N) is 4. The van der Waals surface area contributed by atoms with Crippen molar-refractivity contribution in [1.82, 2.24) is 15.1 Å². The van der Waals surface area contributed by atoms with E-state index in [1.807, 2.05) is 17.2 Å². The second kappa shape index (κ2) is 14.5. The van der Waals surface area contributed by atoms with Gasteiger partial charge in [0.25, 0.3) is 5.91 Å². The van der Waals surface area contributed by atoms with Gasteiger partial charge >= 0.3 is 0 Å². The Bertz CT molecular complexity index is 1780. The molecule has 2 aliphatic rings. The molecule has 0 radical (unpaired) electrons. The molecule has 1 aromatic heterocycles. The second-order valence-corrected chi connectivity index (χ2v) is 11.1. The maximum absolute atomic E-state index is 13.1. The van der Waals surface area contributed by atoms with Crippen LogP contribution in [0, 0.1) is 0 Å². The molecule has 1 atom stereocenters. The lowest BCUT2D eigenvalue weighted by molar-refractivity contribution is 0.0774. The molecule has 0 bridgehead atoms. The van der Waals surface area contributed by atoms with Crippen LogP contribution in [0.5, 0.6) is 40.2 Å². The molecular formula is C35H38N4O9. The van der Waals surface area contributed by atoms with Crippen molar-refractivity contribution in [3.05, 3.63) is 48.0 Å². The molecule has 0 aliphatic carbocycles. The highest BCUT2D eigenvalue weighted by molar-refractivity contribution is 6.03. The fraction of sp³-hybridized carbons (Fsp3) is 0.371. The monoisotopic (exact) mass is 658 g/mol. The third-order valence-corrected chi connectivity index (χ3v) is 8.26. The SMILES string of the molecule is COc1ccc(-c2nnc(-c3cc(OC)c(OC)c(OC)c3)o2)cc1OCCCCOc1cc2c(cc1OC)C(=O)N1CCC[C@H]1C=N2. The molecule has 0 unspecified atom stereocenters. The summed E-state index contributed by atoms with van der Waals surface area (Å²) in [6.45, 7) is 1.58. The van der Waals surface area contributed by atoms with E-state index in [1.54, 1.807) is 71.9 Å². The lowest BCUT2D eigenvalue weighted by atomic mass is 10.1. The summed E-state index contributed by atoms with van der Waals surface area (Å²) < 4.78 is 45.6. The highest BCUT2D eigenvalue weighted by Crippen LogP contribution is 2.42. The molecule has 3 aromatic carbocycles. The number of aliphatic imine (C=N–C) groups is 1. The molecule has 1 fully saturated rings. The van der Waals surface area contributed by atoms with Gasteiger partial charge in [0.15, 0.2) is 34.5 Å². The number of benzene rings is 3. The molecule has 13 heteroatoms. The molecule has 0 N–H and O–H groups in total. The Morgan fingerprint density at radius 2 is 1.35 bits per heavy atom. The van der Waals surface area contributed by atoms with Gasteiger partial charge in [-0.1, -0.05) is 0 Å². The van der Waals surface area contributed by atoms with E-state index >= 15 is 0 Å². The van der Waals surface area contributed by atoms with Crippen LogP contribution in [0.1, 0.15) is 36.0 Å². The molecule has 2 aliphatic heterocycles. The fourth-order valence-corrected chi connectivity index (χ4v) is 5.77. The molecule has 0 saturated carbocycles. The van der Waals surface area contributed by atoms with Gasteiger partial charge in [0, 0.05) is 30.0 Å². The fourth-order valence-electron chi connectivity index (χ4n) is 5.77. The van der Waals surface area contributed by atoms with Gasteiger partial charge in [0.05, 0.1) is 66.1 Å². The zero-order valence-electron chi connectivity index (χ0n) is 27.6. The van der Waals surface area contributed by atoms with E-state index in [1.165, 1.54) is 0 Å². The maximum atomic E-state index is 13.1. The van der Waals surface area contributed by atoms with Crippen LogP contribution in [0.2, 0.25) is 0 Å². The van der Waals surface area contributed by atoms with Crippen LogP contribution < -0.4 is 33.2 Å². The lowest BCUT2D eigenvalue weighted by Gasteiger charge is -2.20. The average molecular weight is 659 g/mol. The topological polar surface area (TPSA) is 136 Å². The van der Waals surface area contributed by atoms with Crippen molar-refractivity contribution in [2.45, 2.75) is 31.7 Å². The smallest absolute Gasteiger partial charge is 0.256 e. The van der Waals surface area contributed by atoms with E-state index in [-0.39, 0.29) is 17.8 Å². The van der Waals surface area contributed by atoms with E-state index in [0.29, 0.717) is 94.6 Å². The highest BCUT2D eigenvalue weighted by atomic mass is 16.5. The third-order valence-electron chi connectivity index (χ3n) is 8.26. The molecule has 13 nitrogen and oxygen atoms in total. The number of unbranched alkanes of at least 4 members (excludes halogenated alkanes) is 1. The van der Waals surface area contributed by atoms with E-state index in [0.717, 1.165) is 19.4 Å². The third kappa shape index (κ3) is 6.53. The Balaban J connectivity index is 1.07. The van der Waals surface area contributed by atoms with Gasteiger partial charge in [0.1, 0.15) is 0 Å². The van der Waals surface area contributed by atoms with Crippen LogP contribution in [0.3, 0.4) is 0 Å². The summed E-state index contributed by atoms with van der Waals surface area (Å²) in [5.41, 5.74) is 2.40. The van der Waals surface area contributed by atoms with Crippen LogP contribution in [0.15, 0.2) is 51.9 Å². The summed E-state index contributed by atoms with van der Waals surface area (Å²) >= 11 is 0. The second-order valence-electron chi connectivity index (χ2n) is 11.1. The standard InChI is InChI=1S/C35H38N4O9/c1-41-26-11-10-21(33-37-38-34(48-33)22-16-30(43-3)32(45-5)31(17-22)44-4)15-28(26)46-13-6-7-14-47-29-19-25-24(18-27(29)42-2)35(40)39-12-8-9-23(39)20-36-25/h10-11,15-20,23H,6-9,12-14H2,1-5H3/t23-/m0/s1. The Hall–Kier alpha value is -5.46. The lowest BCUT2D eigenvalue weighted by Crippen LogP contribution is -2.35. The number of fused-ring (bicyclic) bond motifs is 2. The van der Waals surface area contributed by atoms with E-state index in [4.69, 9.17) is 37.6 Å². The van der Waals surface area contributed by atoms with E-state index in [2.05, 4.69) is 15.2 Å². The Morgan fingerprint density at radius 3 is 2.00 bits per heavy atom. The first-order valence-corrected chi connectivity index (χ1v) is 15.6. The summed E-state index contributed by atoms with van der Waals surface area (Å²) in [5, 5.41) is 8.47. The Labute approximate surface area is 278 Å². The van der Waals surface area contributed by atoms with Gasteiger partial charge in [-0.3, -0.25) is 9.79 Å². The van der Waals surface area contributed by atoms with Crippen molar-refractivity contribution in [2.24, 2.45) is 4.99 Å². The molecular weight excluding hydrogens is 620 g/mol. The number of ether oxygens (including phenoxy) is 7. The number of hydrogen-bond donors (Lipinski definition) is 0. The van der Waals surface area contributed by atoms with E-state index in [9.17, 15) is 4.79 Å². The highest BCUT2D eigenvalue weighted by Gasteiger charge is 2.32. The minimum absolute atomic E-state index is 0.0235. The van der Waals surface area contributed by atoms with Crippen LogP contribution in [-0.2, 0) is 0 Å². The summed E-state index contributed by atoms with van der Waals surface area (Å²) in [4.78, 5) is 19.6. The molecule has 4 aromatic rings. The number of amides is 1. The summed E-state index contributed by atoms with van der Waals surface area (Å²) in [6.07, 6.45) is 5.19. The predicted octanol–water partition coefficient (Wildman–Crippen LogP) is 6.01. The quantitative estimate of drug-likeness (QED) is 0.148. The number of aromatic nitrogens is 2. The van der Waals surface area contributed by atoms with Gasteiger partial charge < -0.3 is 42.5 Å². The number of methoxy groups -OCH3 is 5. The van der Waals surface area contributed by atoms with Gasteiger partial charge in [-0.15, -0.1) is 10.2 Å². The zero-order valence-corrected chi connectivity index (χ0v) is 27.6. The number of hydrogen-bond acceptors (Lipinski definition) is 12. The largest absolute Gasteiger partial charge is 0.493 e. The first kappa shape index (κ1) is 32.5. The summed E-state index contributed by atoms with van der Waals surface area (Å²) in [5.74, 6) is 4.14. The molecule has 1 saturated heterocycles.